The zero-order valence-corrected chi connectivity index (χ0v) is 9.99. The molecule has 2 heteroatoms. The Morgan fingerprint density at radius 3 is 2.50 bits per heavy atom. The molecule has 0 aliphatic carbocycles. The molecule has 1 nitrogen and oxygen atoms in total. The molecule has 0 aliphatic rings. The van der Waals surface area contributed by atoms with Gasteiger partial charge in [0.25, 0.3) is 0 Å². The molecule has 1 N–H and O–H groups in total. The van der Waals surface area contributed by atoms with Crippen molar-refractivity contribution in [1.82, 2.24) is 5.32 Å². The molecule has 0 fully saturated rings. The van der Waals surface area contributed by atoms with Gasteiger partial charge in [0.2, 0.25) is 0 Å². The van der Waals surface area contributed by atoms with Gasteiger partial charge in [-0.15, -0.1) is 0 Å². The smallest absolute Gasteiger partial charge is 0.0155 e. The summed E-state index contributed by atoms with van der Waals surface area (Å²) in [6.07, 6.45) is 6.49. The standard InChI is InChI=1S/C10H22BrN/c1-3-5-6-8-12-9-7-10(11)4-2/h10,12H,3-9H2,1-2H3. The van der Waals surface area contributed by atoms with Crippen molar-refractivity contribution in [2.75, 3.05) is 13.1 Å². The van der Waals surface area contributed by atoms with Gasteiger partial charge in [-0.1, -0.05) is 42.6 Å². The first-order valence-electron chi connectivity index (χ1n) is 5.16. The number of rotatable bonds is 8. The average Bonchev–Trinajstić information content (AvgIpc) is 2.10. The molecule has 0 bridgehead atoms. The fourth-order valence-corrected chi connectivity index (χ4v) is 1.32. The van der Waals surface area contributed by atoms with Crippen LogP contribution in [-0.2, 0) is 0 Å². The van der Waals surface area contributed by atoms with Crippen molar-refractivity contribution in [3.63, 3.8) is 0 Å². The van der Waals surface area contributed by atoms with E-state index in [1.165, 1.54) is 38.6 Å². The van der Waals surface area contributed by atoms with Gasteiger partial charge in [-0.2, -0.15) is 0 Å². The molecule has 0 aliphatic heterocycles. The van der Waals surface area contributed by atoms with Crippen LogP contribution in [0.25, 0.3) is 0 Å². The molecule has 0 aromatic heterocycles. The van der Waals surface area contributed by atoms with Gasteiger partial charge in [0.05, 0.1) is 0 Å². The highest BCUT2D eigenvalue weighted by atomic mass is 79.9. The van der Waals surface area contributed by atoms with Crippen molar-refractivity contribution >= 4 is 15.9 Å². The van der Waals surface area contributed by atoms with E-state index in [9.17, 15) is 0 Å². The van der Waals surface area contributed by atoms with E-state index in [0.717, 1.165) is 6.54 Å². The van der Waals surface area contributed by atoms with Crippen molar-refractivity contribution in [3.05, 3.63) is 0 Å². The van der Waals surface area contributed by atoms with Crippen LogP contribution in [0.15, 0.2) is 0 Å². The fourth-order valence-electron chi connectivity index (χ4n) is 1.09. The lowest BCUT2D eigenvalue weighted by Crippen LogP contribution is -2.19. The van der Waals surface area contributed by atoms with Gasteiger partial charge < -0.3 is 5.32 Å². The van der Waals surface area contributed by atoms with E-state index >= 15 is 0 Å². The number of hydrogen-bond acceptors (Lipinski definition) is 1. The molecule has 0 amide bonds. The summed E-state index contributed by atoms with van der Waals surface area (Å²) in [6, 6.07) is 0. The van der Waals surface area contributed by atoms with Crippen LogP contribution in [0.1, 0.15) is 46.0 Å². The van der Waals surface area contributed by atoms with Crippen LogP contribution in [-0.4, -0.2) is 17.9 Å². The van der Waals surface area contributed by atoms with Crippen LogP contribution in [0.5, 0.6) is 0 Å². The summed E-state index contributed by atoms with van der Waals surface area (Å²) in [4.78, 5) is 0.705. The molecule has 0 rings (SSSR count). The van der Waals surface area contributed by atoms with Crippen LogP contribution >= 0.6 is 15.9 Å². The van der Waals surface area contributed by atoms with Crippen molar-refractivity contribution < 1.29 is 0 Å². The van der Waals surface area contributed by atoms with E-state index in [1.54, 1.807) is 0 Å². The van der Waals surface area contributed by atoms with Gasteiger partial charge in [0.15, 0.2) is 0 Å². The first-order valence-corrected chi connectivity index (χ1v) is 6.07. The predicted octanol–water partition coefficient (Wildman–Crippen LogP) is 3.33. The van der Waals surface area contributed by atoms with Gasteiger partial charge in [0.1, 0.15) is 0 Å². The van der Waals surface area contributed by atoms with Gasteiger partial charge in [-0.05, 0) is 32.4 Å². The van der Waals surface area contributed by atoms with Crippen molar-refractivity contribution in [3.8, 4) is 0 Å². The molecule has 12 heavy (non-hydrogen) atoms. The molecular weight excluding hydrogens is 214 g/mol. The zero-order chi connectivity index (χ0) is 9.23. The topological polar surface area (TPSA) is 12.0 Å². The second kappa shape index (κ2) is 9.53. The third kappa shape index (κ3) is 8.54. The summed E-state index contributed by atoms with van der Waals surface area (Å²) in [5.41, 5.74) is 0. The Morgan fingerprint density at radius 1 is 1.17 bits per heavy atom. The minimum atomic E-state index is 0.705. The molecule has 0 saturated carbocycles. The highest BCUT2D eigenvalue weighted by Crippen LogP contribution is 2.07. The Balaban J connectivity index is 2.90. The molecule has 1 unspecified atom stereocenters. The summed E-state index contributed by atoms with van der Waals surface area (Å²) in [7, 11) is 0. The van der Waals surface area contributed by atoms with Gasteiger partial charge in [-0.25, -0.2) is 0 Å². The Kier molecular flexibility index (Phi) is 9.88. The molecule has 0 radical (unpaired) electrons. The van der Waals surface area contributed by atoms with Crippen LogP contribution in [0.4, 0.5) is 0 Å². The van der Waals surface area contributed by atoms with Gasteiger partial charge in [0, 0.05) is 4.83 Å². The van der Waals surface area contributed by atoms with Crippen molar-refractivity contribution in [1.29, 1.82) is 0 Å². The molecule has 0 spiro atoms. The van der Waals surface area contributed by atoms with Crippen LogP contribution in [0, 0.1) is 0 Å². The molecule has 0 aromatic carbocycles. The second-order valence-electron chi connectivity index (χ2n) is 3.25. The molecule has 0 aromatic rings. The van der Waals surface area contributed by atoms with Gasteiger partial charge >= 0.3 is 0 Å². The third-order valence-corrected chi connectivity index (χ3v) is 3.14. The van der Waals surface area contributed by atoms with Gasteiger partial charge in [-0.3, -0.25) is 0 Å². The first kappa shape index (κ1) is 12.4. The highest BCUT2D eigenvalue weighted by molar-refractivity contribution is 9.09. The van der Waals surface area contributed by atoms with Crippen molar-refractivity contribution in [2.24, 2.45) is 0 Å². The molecule has 1 atom stereocenters. The van der Waals surface area contributed by atoms with E-state index in [4.69, 9.17) is 0 Å². The third-order valence-electron chi connectivity index (χ3n) is 2.03. The zero-order valence-electron chi connectivity index (χ0n) is 8.41. The lowest BCUT2D eigenvalue weighted by molar-refractivity contribution is 0.590. The number of unbranched alkanes of at least 4 members (excludes halogenated alkanes) is 2. The Bertz CT molecular complexity index is 85.9. The summed E-state index contributed by atoms with van der Waals surface area (Å²) < 4.78 is 0. The fraction of sp³-hybridized carbons (Fsp3) is 1.00. The summed E-state index contributed by atoms with van der Waals surface area (Å²) in [5, 5.41) is 3.46. The molecule has 74 valence electrons. The summed E-state index contributed by atoms with van der Waals surface area (Å²) in [5.74, 6) is 0. The Morgan fingerprint density at radius 2 is 1.92 bits per heavy atom. The monoisotopic (exact) mass is 235 g/mol. The Hall–Kier alpha value is 0.440. The predicted molar refractivity (Wildman–Crippen MR) is 60.0 cm³/mol. The van der Waals surface area contributed by atoms with E-state index < -0.39 is 0 Å². The second-order valence-corrected chi connectivity index (χ2v) is 4.55. The van der Waals surface area contributed by atoms with E-state index in [0.29, 0.717) is 4.83 Å². The number of hydrogen-bond donors (Lipinski definition) is 1. The summed E-state index contributed by atoms with van der Waals surface area (Å²) >= 11 is 3.62. The number of nitrogens with one attached hydrogen (secondary N) is 1. The van der Waals surface area contributed by atoms with E-state index in [2.05, 4.69) is 35.1 Å². The maximum absolute atomic E-state index is 3.62. The maximum Gasteiger partial charge on any atom is 0.0155 e. The van der Waals surface area contributed by atoms with Crippen LogP contribution in [0.3, 0.4) is 0 Å². The van der Waals surface area contributed by atoms with Crippen LogP contribution < -0.4 is 5.32 Å². The highest BCUT2D eigenvalue weighted by Gasteiger charge is 1.98. The minimum absolute atomic E-state index is 0.705. The largest absolute Gasteiger partial charge is 0.317 e. The van der Waals surface area contributed by atoms with E-state index in [1.807, 2.05) is 0 Å². The number of halogens is 1. The number of alkyl halides is 1. The quantitative estimate of drug-likeness (QED) is 0.503. The average molecular weight is 236 g/mol. The maximum atomic E-state index is 3.62. The van der Waals surface area contributed by atoms with Crippen molar-refractivity contribution in [2.45, 2.75) is 50.8 Å². The molecular formula is C10H22BrN. The lowest BCUT2D eigenvalue weighted by Gasteiger charge is -2.07. The molecule has 0 heterocycles. The lowest BCUT2D eigenvalue weighted by atomic mass is 10.2. The Labute approximate surface area is 85.4 Å². The molecule has 0 saturated heterocycles. The SMILES string of the molecule is CCCCCNCCC(Br)CC. The van der Waals surface area contributed by atoms with Crippen LogP contribution in [0.2, 0.25) is 0 Å². The first-order chi connectivity index (χ1) is 5.81. The minimum Gasteiger partial charge on any atom is -0.317 e. The normalized spacial score (nSPS) is 13.2. The van der Waals surface area contributed by atoms with E-state index in [-0.39, 0.29) is 0 Å². The summed E-state index contributed by atoms with van der Waals surface area (Å²) in [6.45, 7) is 6.81.